The van der Waals surface area contributed by atoms with Gasteiger partial charge in [-0.25, -0.2) is 4.79 Å². The summed E-state index contributed by atoms with van der Waals surface area (Å²) in [7, 11) is 0. The lowest BCUT2D eigenvalue weighted by molar-refractivity contribution is -0.0581. The lowest BCUT2D eigenvalue weighted by atomic mass is 10.1. The number of nitrogens with zero attached hydrogens (tertiary/aromatic N) is 1. The van der Waals surface area contributed by atoms with Crippen molar-refractivity contribution in [1.82, 2.24) is 10.2 Å². The second-order valence-electron chi connectivity index (χ2n) is 6.95. The summed E-state index contributed by atoms with van der Waals surface area (Å²) in [5.41, 5.74) is 0.523. The summed E-state index contributed by atoms with van der Waals surface area (Å²) in [5.74, 6) is 0.756. The average Bonchev–Trinajstić information content (AvgIpc) is 3.32. The van der Waals surface area contributed by atoms with Crippen LogP contribution in [-0.2, 0) is 4.74 Å². The van der Waals surface area contributed by atoms with E-state index in [1.807, 2.05) is 0 Å². The number of nitrogens with one attached hydrogen (secondary N) is 2. The van der Waals surface area contributed by atoms with Crippen LogP contribution in [0.5, 0.6) is 0 Å². The maximum Gasteiger partial charge on any atom is 0.319 e. The van der Waals surface area contributed by atoms with Gasteiger partial charge in [0.25, 0.3) is 0 Å². The van der Waals surface area contributed by atoms with Gasteiger partial charge in [-0.3, -0.25) is 4.90 Å². The average molecular weight is 370 g/mol. The van der Waals surface area contributed by atoms with Crippen molar-refractivity contribution >= 4 is 34.9 Å². The number of hydrogen-bond acceptors (Lipinski definition) is 3. The standard InChI is InChI=1S/C17H21Cl2N3O2/c18-13-2-1-3-14(16(13)19)21-17(23)20-11-6-12-9-24-15(10-4-5-10)8-22(12)7-11/h1-3,10-12,15H,4-9H2,(H2,20,21,23)/t11-,12-,15+/m0/s1. The van der Waals surface area contributed by atoms with Gasteiger partial charge in [-0.15, -0.1) is 0 Å². The van der Waals surface area contributed by atoms with Crippen LogP contribution in [0.3, 0.4) is 0 Å². The van der Waals surface area contributed by atoms with Crippen LogP contribution < -0.4 is 10.6 Å². The molecule has 7 heteroatoms. The second-order valence-corrected chi connectivity index (χ2v) is 7.73. The number of fused-ring (bicyclic) bond motifs is 1. The first kappa shape index (κ1) is 16.5. The number of benzene rings is 1. The summed E-state index contributed by atoms with van der Waals surface area (Å²) in [6.07, 6.45) is 3.91. The zero-order valence-electron chi connectivity index (χ0n) is 13.3. The smallest absolute Gasteiger partial charge is 0.319 e. The van der Waals surface area contributed by atoms with Gasteiger partial charge in [0.1, 0.15) is 0 Å². The molecule has 1 aromatic rings. The molecule has 130 valence electrons. The number of carbonyl (C=O) groups is 1. The fourth-order valence-corrected chi connectivity index (χ4v) is 4.05. The number of carbonyl (C=O) groups excluding carboxylic acids is 1. The molecule has 0 spiro atoms. The Morgan fingerprint density at radius 2 is 2.08 bits per heavy atom. The minimum Gasteiger partial charge on any atom is -0.375 e. The molecule has 0 unspecified atom stereocenters. The summed E-state index contributed by atoms with van der Waals surface area (Å²) in [5, 5.41) is 6.61. The van der Waals surface area contributed by atoms with Crippen molar-refractivity contribution in [1.29, 1.82) is 0 Å². The molecule has 2 amide bonds. The molecule has 2 N–H and O–H groups in total. The SMILES string of the molecule is O=C(Nc1cccc(Cl)c1Cl)N[C@H]1C[C@H]2CO[C@@H](C3CC3)CN2C1. The maximum atomic E-state index is 12.2. The van der Waals surface area contributed by atoms with Crippen molar-refractivity contribution in [2.45, 2.75) is 37.5 Å². The van der Waals surface area contributed by atoms with Crippen molar-refractivity contribution in [2.75, 3.05) is 25.0 Å². The predicted octanol–water partition coefficient (Wildman–Crippen LogP) is 3.37. The molecule has 3 fully saturated rings. The van der Waals surface area contributed by atoms with Gasteiger partial charge in [0.05, 0.1) is 28.4 Å². The molecule has 2 heterocycles. The molecule has 0 aromatic heterocycles. The molecular weight excluding hydrogens is 349 g/mol. The van der Waals surface area contributed by atoms with Crippen LogP contribution in [0.1, 0.15) is 19.3 Å². The van der Waals surface area contributed by atoms with Crippen LogP contribution >= 0.6 is 23.2 Å². The summed E-state index contributed by atoms with van der Waals surface area (Å²) >= 11 is 12.1. The Bertz CT molecular complexity index is 638. The van der Waals surface area contributed by atoms with Crippen LogP contribution in [0.25, 0.3) is 0 Å². The number of rotatable bonds is 3. The third-order valence-electron chi connectivity index (χ3n) is 5.13. The van der Waals surface area contributed by atoms with Gasteiger partial charge in [0.2, 0.25) is 0 Å². The molecule has 4 rings (SSSR count). The Hall–Kier alpha value is -1.01. The van der Waals surface area contributed by atoms with Gasteiger partial charge >= 0.3 is 6.03 Å². The van der Waals surface area contributed by atoms with E-state index >= 15 is 0 Å². The van der Waals surface area contributed by atoms with Crippen LogP contribution in [0.2, 0.25) is 10.0 Å². The number of ether oxygens (including phenoxy) is 1. The van der Waals surface area contributed by atoms with Gasteiger partial charge in [-0.05, 0) is 37.3 Å². The third kappa shape index (κ3) is 3.49. The van der Waals surface area contributed by atoms with E-state index in [2.05, 4.69) is 15.5 Å². The summed E-state index contributed by atoms with van der Waals surface area (Å²) < 4.78 is 5.99. The number of anilines is 1. The van der Waals surface area contributed by atoms with Crippen molar-refractivity contribution in [2.24, 2.45) is 5.92 Å². The highest BCUT2D eigenvalue weighted by atomic mass is 35.5. The molecule has 3 aliphatic rings. The van der Waals surface area contributed by atoms with Crippen molar-refractivity contribution in [3.8, 4) is 0 Å². The van der Waals surface area contributed by atoms with Gasteiger partial charge < -0.3 is 15.4 Å². The quantitative estimate of drug-likeness (QED) is 0.858. The molecule has 2 aliphatic heterocycles. The topological polar surface area (TPSA) is 53.6 Å². The highest BCUT2D eigenvalue weighted by Crippen LogP contribution is 2.38. The van der Waals surface area contributed by atoms with E-state index in [4.69, 9.17) is 27.9 Å². The zero-order chi connectivity index (χ0) is 16.7. The van der Waals surface area contributed by atoms with Gasteiger partial charge in [0, 0.05) is 25.2 Å². The molecule has 2 saturated heterocycles. The van der Waals surface area contributed by atoms with Crippen LogP contribution in [-0.4, -0.2) is 48.8 Å². The Labute approximate surface area is 151 Å². The highest BCUT2D eigenvalue weighted by molar-refractivity contribution is 6.43. The molecule has 0 radical (unpaired) electrons. The summed E-state index contributed by atoms with van der Waals surface area (Å²) in [6.45, 7) is 2.66. The Balaban J connectivity index is 1.31. The number of halogens is 2. The predicted molar refractivity (Wildman–Crippen MR) is 94.8 cm³/mol. The van der Waals surface area contributed by atoms with E-state index in [9.17, 15) is 4.79 Å². The first-order valence-electron chi connectivity index (χ1n) is 8.47. The van der Waals surface area contributed by atoms with Crippen LogP contribution in [0.4, 0.5) is 10.5 Å². The van der Waals surface area contributed by atoms with Gasteiger partial charge in [-0.1, -0.05) is 29.3 Å². The van der Waals surface area contributed by atoms with E-state index in [1.165, 1.54) is 12.8 Å². The van der Waals surface area contributed by atoms with Crippen molar-refractivity contribution in [3.05, 3.63) is 28.2 Å². The largest absolute Gasteiger partial charge is 0.375 e. The van der Waals surface area contributed by atoms with E-state index < -0.39 is 0 Å². The summed E-state index contributed by atoms with van der Waals surface area (Å²) in [6, 6.07) is 5.49. The molecule has 1 aromatic carbocycles. The molecule has 24 heavy (non-hydrogen) atoms. The lowest BCUT2D eigenvalue weighted by Crippen LogP contribution is -2.47. The van der Waals surface area contributed by atoms with E-state index in [-0.39, 0.29) is 12.1 Å². The molecule has 0 bridgehead atoms. The summed E-state index contributed by atoms with van der Waals surface area (Å²) in [4.78, 5) is 14.7. The first-order valence-corrected chi connectivity index (χ1v) is 9.23. The molecule has 1 saturated carbocycles. The number of urea groups is 1. The van der Waals surface area contributed by atoms with E-state index in [0.717, 1.165) is 32.0 Å². The van der Waals surface area contributed by atoms with Gasteiger partial charge in [-0.2, -0.15) is 0 Å². The zero-order valence-corrected chi connectivity index (χ0v) is 14.8. The fourth-order valence-electron chi connectivity index (χ4n) is 3.70. The molecule has 3 atom stereocenters. The number of morpholine rings is 1. The first-order chi connectivity index (χ1) is 11.6. The minimum atomic E-state index is -0.247. The second kappa shape index (κ2) is 6.71. The Morgan fingerprint density at radius 1 is 1.25 bits per heavy atom. The lowest BCUT2D eigenvalue weighted by Gasteiger charge is -2.35. The molecule has 5 nitrogen and oxygen atoms in total. The number of hydrogen-bond donors (Lipinski definition) is 2. The number of amides is 2. The van der Waals surface area contributed by atoms with Crippen LogP contribution in [0.15, 0.2) is 18.2 Å². The monoisotopic (exact) mass is 369 g/mol. The Morgan fingerprint density at radius 3 is 2.88 bits per heavy atom. The fraction of sp³-hybridized carbons (Fsp3) is 0.588. The normalized spacial score (nSPS) is 30.0. The van der Waals surface area contributed by atoms with Crippen molar-refractivity contribution in [3.63, 3.8) is 0 Å². The third-order valence-corrected chi connectivity index (χ3v) is 5.95. The molecule has 1 aliphatic carbocycles. The van der Waals surface area contributed by atoms with Gasteiger partial charge in [0.15, 0.2) is 0 Å². The molecular formula is C17H21Cl2N3O2. The van der Waals surface area contributed by atoms with E-state index in [0.29, 0.717) is 27.9 Å². The Kier molecular flexibility index (Phi) is 4.60. The van der Waals surface area contributed by atoms with E-state index in [1.54, 1.807) is 18.2 Å². The minimum absolute atomic E-state index is 0.134. The highest BCUT2D eigenvalue weighted by Gasteiger charge is 2.42. The maximum absolute atomic E-state index is 12.2. The van der Waals surface area contributed by atoms with Crippen molar-refractivity contribution < 1.29 is 9.53 Å². The van der Waals surface area contributed by atoms with Crippen LogP contribution in [0, 0.1) is 5.92 Å².